The molecule has 0 spiro atoms. The van der Waals surface area contributed by atoms with Gasteiger partial charge in [-0.05, 0) is 52.2 Å². The molecule has 2 heteroatoms. The number of hydrogen-bond donors (Lipinski definition) is 0. The van der Waals surface area contributed by atoms with Crippen LogP contribution in [0.15, 0.2) is 77.8 Å². The molecule has 0 aromatic heterocycles. The van der Waals surface area contributed by atoms with E-state index in [0.717, 1.165) is 16.8 Å². The molecule has 0 aliphatic rings. The number of hydrogen-bond acceptors (Lipinski definition) is 1. The predicted octanol–water partition coefficient (Wildman–Crippen LogP) is 6.71. The van der Waals surface area contributed by atoms with Crippen LogP contribution in [-0.4, -0.2) is 6.21 Å². The van der Waals surface area contributed by atoms with Gasteiger partial charge in [0.25, 0.3) is 0 Å². The minimum atomic E-state index is 0.704. The van der Waals surface area contributed by atoms with Crippen LogP contribution in [0, 0.1) is 6.92 Å². The van der Waals surface area contributed by atoms with Gasteiger partial charge in [0.15, 0.2) is 0 Å². The molecule has 116 valence electrons. The van der Waals surface area contributed by atoms with Crippen LogP contribution >= 0.6 is 11.6 Å². The van der Waals surface area contributed by atoms with Gasteiger partial charge in [-0.2, -0.15) is 0 Å². The predicted molar refractivity (Wildman–Crippen MR) is 105 cm³/mol. The van der Waals surface area contributed by atoms with Crippen LogP contribution in [0.1, 0.15) is 11.1 Å². The van der Waals surface area contributed by atoms with Gasteiger partial charge in [0.05, 0.1) is 5.69 Å². The van der Waals surface area contributed by atoms with Crippen LogP contribution in [0.3, 0.4) is 0 Å². The summed E-state index contributed by atoms with van der Waals surface area (Å²) >= 11 is 6.11. The molecule has 4 aromatic carbocycles. The van der Waals surface area contributed by atoms with Gasteiger partial charge in [0.1, 0.15) is 0 Å². The van der Waals surface area contributed by atoms with E-state index in [9.17, 15) is 0 Å². The van der Waals surface area contributed by atoms with Crippen molar-refractivity contribution in [3.8, 4) is 0 Å². The number of halogens is 1. The Hall–Kier alpha value is -2.64. The highest BCUT2D eigenvalue weighted by Gasteiger charge is 2.05. The highest BCUT2D eigenvalue weighted by molar-refractivity contribution is 6.30. The van der Waals surface area contributed by atoms with E-state index >= 15 is 0 Å². The van der Waals surface area contributed by atoms with Crippen molar-refractivity contribution < 1.29 is 0 Å². The molecule has 1 nitrogen and oxygen atoms in total. The fourth-order valence-corrected chi connectivity index (χ4v) is 3.21. The topological polar surface area (TPSA) is 12.4 Å². The van der Waals surface area contributed by atoms with Gasteiger partial charge in [-0.25, -0.2) is 0 Å². The van der Waals surface area contributed by atoms with Gasteiger partial charge < -0.3 is 0 Å². The molecular formula is C22H16ClN. The van der Waals surface area contributed by atoms with Crippen molar-refractivity contribution in [1.29, 1.82) is 0 Å². The maximum atomic E-state index is 6.11. The second kappa shape index (κ2) is 6.10. The Morgan fingerprint density at radius 2 is 1.42 bits per heavy atom. The molecule has 4 rings (SSSR count). The molecule has 0 bridgehead atoms. The third-order valence-electron chi connectivity index (χ3n) is 4.32. The van der Waals surface area contributed by atoms with Gasteiger partial charge in [-0.3, -0.25) is 4.99 Å². The zero-order valence-corrected chi connectivity index (χ0v) is 14.1. The number of aryl methyl sites for hydroxylation is 1. The number of benzene rings is 4. The lowest BCUT2D eigenvalue weighted by Crippen LogP contribution is -1.88. The third kappa shape index (κ3) is 2.68. The summed E-state index contributed by atoms with van der Waals surface area (Å²) in [6.45, 7) is 2.05. The Morgan fingerprint density at radius 3 is 2.08 bits per heavy atom. The summed E-state index contributed by atoms with van der Waals surface area (Å²) in [6.07, 6.45) is 1.96. The summed E-state index contributed by atoms with van der Waals surface area (Å²) < 4.78 is 0. The average Bonchev–Trinajstić information content (AvgIpc) is 2.61. The second-order valence-corrected chi connectivity index (χ2v) is 6.36. The quantitative estimate of drug-likeness (QED) is 0.286. The lowest BCUT2D eigenvalue weighted by Gasteiger charge is -2.08. The fourth-order valence-electron chi connectivity index (χ4n) is 3.04. The van der Waals surface area contributed by atoms with Crippen molar-refractivity contribution in [1.82, 2.24) is 0 Å². The van der Waals surface area contributed by atoms with E-state index in [1.165, 1.54) is 21.5 Å². The number of nitrogens with zero attached hydrogens (tertiary/aromatic N) is 1. The number of fused-ring (bicyclic) bond motifs is 2. The van der Waals surface area contributed by atoms with Crippen molar-refractivity contribution >= 4 is 45.0 Å². The first-order chi connectivity index (χ1) is 11.7. The van der Waals surface area contributed by atoms with Gasteiger partial charge in [-0.15, -0.1) is 0 Å². The van der Waals surface area contributed by atoms with Crippen LogP contribution in [0.2, 0.25) is 5.02 Å². The number of aliphatic imine (C=N–C) groups is 1. The van der Waals surface area contributed by atoms with E-state index in [1.54, 1.807) is 0 Å². The standard InChI is InChI=1S/C22H16ClN/c1-15-10-11-18(23)13-22(15)24-14-21-19-8-4-2-6-16(19)12-17-7-3-5-9-20(17)21/h2-14H,1H3. The SMILES string of the molecule is Cc1ccc(Cl)cc1N=Cc1c2ccccc2cc2ccccc12. The summed E-state index contributed by atoms with van der Waals surface area (Å²) in [6, 6.07) is 24.9. The second-order valence-electron chi connectivity index (χ2n) is 5.92. The zero-order chi connectivity index (χ0) is 16.5. The van der Waals surface area contributed by atoms with Crippen molar-refractivity contribution in [3.05, 3.63) is 88.9 Å². The molecule has 24 heavy (non-hydrogen) atoms. The lowest BCUT2D eigenvalue weighted by atomic mass is 9.97. The van der Waals surface area contributed by atoms with E-state index in [2.05, 4.69) is 54.6 Å². The third-order valence-corrected chi connectivity index (χ3v) is 4.55. The maximum absolute atomic E-state index is 6.11. The van der Waals surface area contributed by atoms with Gasteiger partial charge in [0.2, 0.25) is 0 Å². The van der Waals surface area contributed by atoms with Gasteiger partial charge in [-0.1, -0.05) is 66.2 Å². The molecule has 0 fully saturated rings. The first-order valence-corrected chi connectivity index (χ1v) is 8.31. The molecular weight excluding hydrogens is 314 g/mol. The maximum Gasteiger partial charge on any atom is 0.0673 e. The Morgan fingerprint density at radius 1 is 0.792 bits per heavy atom. The Bertz CT molecular complexity index is 1030. The molecule has 0 radical (unpaired) electrons. The molecule has 0 atom stereocenters. The minimum Gasteiger partial charge on any atom is -0.256 e. The molecule has 0 unspecified atom stereocenters. The molecule has 0 saturated carbocycles. The highest BCUT2D eigenvalue weighted by Crippen LogP contribution is 2.29. The summed E-state index contributed by atoms with van der Waals surface area (Å²) in [5.41, 5.74) is 3.16. The Kier molecular flexibility index (Phi) is 3.79. The normalized spacial score (nSPS) is 11.6. The largest absolute Gasteiger partial charge is 0.256 e. The van der Waals surface area contributed by atoms with Crippen molar-refractivity contribution in [2.75, 3.05) is 0 Å². The monoisotopic (exact) mass is 329 g/mol. The van der Waals surface area contributed by atoms with E-state index in [4.69, 9.17) is 16.6 Å². The molecule has 0 N–H and O–H groups in total. The summed E-state index contributed by atoms with van der Waals surface area (Å²) in [4.78, 5) is 4.73. The fraction of sp³-hybridized carbons (Fsp3) is 0.0455. The minimum absolute atomic E-state index is 0.704. The van der Waals surface area contributed by atoms with Crippen LogP contribution in [0.5, 0.6) is 0 Å². The molecule has 0 amide bonds. The van der Waals surface area contributed by atoms with Crippen LogP contribution in [-0.2, 0) is 0 Å². The van der Waals surface area contributed by atoms with E-state index < -0.39 is 0 Å². The van der Waals surface area contributed by atoms with Crippen LogP contribution in [0.4, 0.5) is 5.69 Å². The number of rotatable bonds is 2. The van der Waals surface area contributed by atoms with E-state index in [0.29, 0.717) is 5.02 Å². The Balaban J connectivity index is 1.96. The smallest absolute Gasteiger partial charge is 0.0673 e. The first kappa shape index (κ1) is 14.9. The molecule has 0 heterocycles. The van der Waals surface area contributed by atoms with E-state index in [-0.39, 0.29) is 0 Å². The Labute approximate surface area is 146 Å². The molecule has 0 saturated heterocycles. The highest BCUT2D eigenvalue weighted by atomic mass is 35.5. The summed E-state index contributed by atoms with van der Waals surface area (Å²) in [5, 5.41) is 5.57. The van der Waals surface area contributed by atoms with Crippen molar-refractivity contribution in [2.45, 2.75) is 6.92 Å². The van der Waals surface area contributed by atoms with Crippen molar-refractivity contribution in [2.24, 2.45) is 4.99 Å². The average molecular weight is 330 g/mol. The molecule has 0 aliphatic carbocycles. The van der Waals surface area contributed by atoms with Gasteiger partial charge in [0, 0.05) is 16.8 Å². The molecule has 0 aliphatic heterocycles. The van der Waals surface area contributed by atoms with Crippen LogP contribution < -0.4 is 0 Å². The molecule has 4 aromatic rings. The summed E-state index contributed by atoms with van der Waals surface area (Å²) in [5.74, 6) is 0. The van der Waals surface area contributed by atoms with E-state index in [1.807, 2.05) is 31.3 Å². The zero-order valence-electron chi connectivity index (χ0n) is 13.3. The summed E-state index contributed by atoms with van der Waals surface area (Å²) in [7, 11) is 0. The van der Waals surface area contributed by atoms with Crippen molar-refractivity contribution in [3.63, 3.8) is 0 Å². The first-order valence-electron chi connectivity index (χ1n) is 7.93. The van der Waals surface area contributed by atoms with Crippen LogP contribution in [0.25, 0.3) is 21.5 Å². The van der Waals surface area contributed by atoms with Gasteiger partial charge >= 0.3 is 0 Å². The lowest BCUT2D eigenvalue weighted by molar-refractivity contribution is 1.41.